The summed E-state index contributed by atoms with van der Waals surface area (Å²) >= 11 is 0. The minimum absolute atomic E-state index is 0.00364. The van der Waals surface area contributed by atoms with E-state index in [1.54, 1.807) is 4.90 Å². The van der Waals surface area contributed by atoms with Crippen molar-refractivity contribution in [1.82, 2.24) is 4.90 Å². The highest BCUT2D eigenvalue weighted by Gasteiger charge is 2.48. The first-order valence-corrected chi connectivity index (χ1v) is 10.8. The van der Waals surface area contributed by atoms with Crippen LogP contribution in [0.15, 0.2) is 78.9 Å². The molecule has 3 aromatic carbocycles. The van der Waals surface area contributed by atoms with Gasteiger partial charge in [0, 0.05) is 28.7 Å². The lowest BCUT2D eigenvalue weighted by molar-refractivity contribution is 0.0939. The molecule has 0 aromatic heterocycles. The van der Waals surface area contributed by atoms with Gasteiger partial charge in [-0.05, 0) is 68.1 Å². The zero-order chi connectivity index (χ0) is 22.9. The van der Waals surface area contributed by atoms with Crippen molar-refractivity contribution in [2.75, 3.05) is 5.32 Å². The molecule has 2 atom stereocenters. The van der Waals surface area contributed by atoms with Crippen LogP contribution >= 0.6 is 0 Å². The van der Waals surface area contributed by atoms with E-state index in [0.29, 0.717) is 11.3 Å². The number of rotatable bonds is 5. The zero-order valence-corrected chi connectivity index (χ0v) is 18.6. The second-order valence-corrected chi connectivity index (χ2v) is 9.25. The maximum atomic E-state index is 12.6. The lowest BCUT2D eigenvalue weighted by Crippen LogP contribution is -2.46. The molecule has 3 aromatic rings. The minimum Gasteiger partial charge on any atom is -0.465 e. The van der Waals surface area contributed by atoms with Crippen LogP contribution in [0, 0.1) is 0 Å². The van der Waals surface area contributed by atoms with Crippen LogP contribution in [0.2, 0.25) is 0 Å². The summed E-state index contributed by atoms with van der Waals surface area (Å²) in [6.45, 7) is 5.75. The van der Waals surface area contributed by atoms with E-state index < -0.39 is 11.6 Å². The zero-order valence-electron chi connectivity index (χ0n) is 18.6. The normalized spacial score (nSPS) is 17.5. The maximum absolute atomic E-state index is 12.6. The number of anilines is 1. The van der Waals surface area contributed by atoms with Gasteiger partial charge < -0.3 is 10.4 Å². The smallest absolute Gasteiger partial charge is 0.408 e. The molecule has 2 N–H and O–H groups in total. The van der Waals surface area contributed by atoms with Crippen LogP contribution in [0.25, 0.3) is 11.1 Å². The van der Waals surface area contributed by atoms with Gasteiger partial charge in [0.25, 0.3) is 5.91 Å². The number of carboxylic acid groups (broad SMARTS) is 1. The molecule has 0 radical (unpaired) electrons. The molecule has 0 unspecified atom stereocenters. The molecule has 4 rings (SSSR count). The highest BCUT2D eigenvalue weighted by atomic mass is 16.4. The molecular weight excluding hydrogens is 400 g/mol. The first kappa shape index (κ1) is 21.6. The van der Waals surface area contributed by atoms with Crippen LogP contribution in [0.3, 0.4) is 0 Å². The number of hydrogen-bond acceptors (Lipinski definition) is 2. The predicted octanol–water partition coefficient (Wildman–Crippen LogP) is 6.24. The molecule has 5 nitrogen and oxygen atoms in total. The summed E-state index contributed by atoms with van der Waals surface area (Å²) in [5.41, 5.74) is 4.15. The summed E-state index contributed by atoms with van der Waals surface area (Å²) < 4.78 is 0. The summed E-state index contributed by atoms with van der Waals surface area (Å²) in [6.07, 6.45) is -0.0598. The minimum atomic E-state index is -0.882. The van der Waals surface area contributed by atoms with E-state index in [1.165, 1.54) is 0 Å². The Morgan fingerprint density at radius 2 is 1.47 bits per heavy atom. The molecule has 1 aliphatic rings. The average molecular weight is 429 g/mol. The number of nitrogens with zero attached hydrogens (tertiary/aromatic N) is 1. The third-order valence-electron chi connectivity index (χ3n) is 5.87. The highest BCUT2D eigenvalue weighted by Crippen LogP contribution is 2.47. The first-order valence-electron chi connectivity index (χ1n) is 10.8. The van der Waals surface area contributed by atoms with Gasteiger partial charge in [-0.3, -0.25) is 9.69 Å². The maximum Gasteiger partial charge on any atom is 0.408 e. The fourth-order valence-corrected chi connectivity index (χ4v) is 4.21. The number of hydrogen-bond donors (Lipinski definition) is 2. The standard InChI is InChI=1S/C27H28N2O3/c1-27(2,3)29(26(31)32)24-17-23(24)20-13-15-22(16-14-20)28-25(30)21-11-9-19(10-12-21)18-7-5-4-6-8-18/h4-16,23-24H,17H2,1-3H3,(H,28,30)(H,31,32)/t23-,24+/m0/s1. The van der Waals surface area contributed by atoms with Gasteiger partial charge in [0.1, 0.15) is 0 Å². The van der Waals surface area contributed by atoms with Gasteiger partial charge in [0.2, 0.25) is 0 Å². The molecular formula is C27H28N2O3. The lowest BCUT2D eigenvalue weighted by atomic mass is 10.0. The molecule has 32 heavy (non-hydrogen) atoms. The Morgan fingerprint density at radius 3 is 2.03 bits per heavy atom. The van der Waals surface area contributed by atoms with Gasteiger partial charge in [-0.1, -0.05) is 54.6 Å². The Balaban J connectivity index is 1.39. The Labute approximate surface area is 188 Å². The van der Waals surface area contributed by atoms with Crippen molar-refractivity contribution in [2.24, 2.45) is 0 Å². The SMILES string of the molecule is CC(C)(C)N(C(=O)O)[C@@H]1C[C@H]1c1ccc(NC(=O)c2ccc(-c3ccccc3)cc2)cc1. The van der Waals surface area contributed by atoms with Gasteiger partial charge in [-0.2, -0.15) is 0 Å². The Hall–Kier alpha value is -3.60. The Morgan fingerprint density at radius 1 is 0.875 bits per heavy atom. The van der Waals surface area contributed by atoms with Gasteiger partial charge in [0.15, 0.2) is 0 Å². The van der Waals surface area contributed by atoms with Crippen LogP contribution < -0.4 is 5.32 Å². The molecule has 1 aliphatic carbocycles. The second-order valence-electron chi connectivity index (χ2n) is 9.25. The van der Waals surface area contributed by atoms with Gasteiger partial charge in [-0.15, -0.1) is 0 Å². The van der Waals surface area contributed by atoms with Crippen LogP contribution in [-0.4, -0.2) is 33.6 Å². The van der Waals surface area contributed by atoms with E-state index in [0.717, 1.165) is 23.1 Å². The van der Waals surface area contributed by atoms with Crippen molar-refractivity contribution in [3.05, 3.63) is 90.0 Å². The van der Waals surface area contributed by atoms with E-state index in [-0.39, 0.29) is 17.9 Å². The monoisotopic (exact) mass is 428 g/mol. The van der Waals surface area contributed by atoms with Crippen LogP contribution in [0.4, 0.5) is 10.5 Å². The van der Waals surface area contributed by atoms with Crippen LogP contribution in [-0.2, 0) is 0 Å². The molecule has 164 valence electrons. The Bertz CT molecular complexity index is 1100. The fourth-order valence-electron chi connectivity index (χ4n) is 4.21. The number of amides is 2. The first-order chi connectivity index (χ1) is 15.2. The van der Waals surface area contributed by atoms with Crippen LogP contribution in [0.5, 0.6) is 0 Å². The summed E-state index contributed by atoms with van der Waals surface area (Å²) in [6, 6.07) is 25.3. The topological polar surface area (TPSA) is 69.6 Å². The molecule has 5 heteroatoms. The average Bonchev–Trinajstić information content (AvgIpc) is 3.53. The third-order valence-corrected chi connectivity index (χ3v) is 5.87. The van der Waals surface area contributed by atoms with E-state index in [2.05, 4.69) is 5.32 Å². The molecule has 0 saturated heterocycles. The van der Waals surface area contributed by atoms with E-state index in [1.807, 2.05) is 99.6 Å². The summed E-state index contributed by atoms with van der Waals surface area (Å²) in [7, 11) is 0. The third kappa shape index (κ3) is 4.67. The fraction of sp³-hybridized carbons (Fsp3) is 0.259. The number of nitrogens with one attached hydrogen (secondary N) is 1. The van der Waals surface area contributed by atoms with Gasteiger partial charge in [0.05, 0.1) is 0 Å². The molecule has 1 fully saturated rings. The summed E-state index contributed by atoms with van der Waals surface area (Å²) in [4.78, 5) is 25.9. The summed E-state index contributed by atoms with van der Waals surface area (Å²) in [5.74, 6) is 0.0343. The van der Waals surface area contributed by atoms with Crippen molar-refractivity contribution in [3.63, 3.8) is 0 Å². The van der Waals surface area contributed by atoms with Gasteiger partial charge >= 0.3 is 6.09 Å². The Kier molecular flexibility index (Phi) is 5.74. The second kappa shape index (κ2) is 8.50. The van der Waals surface area contributed by atoms with Crippen molar-refractivity contribution in [1.29, 1.82) is 0 Å². The largest absolute Gasteiger partial charge is 0.465 e. The van der Waals surface area contributed by atoms with Crippen molar-refractivity contribution in [3.8, 4) is 11.1 Å². The van der Waals surface area contributed by atoms with Crippen LogP contribution in [0.1, 0.15) is 49.0 Å². The van der Waals surface area contributed by atoms with Gasteiger partial charge in [-0.25, -0.2) is 4.79 Å². The van der Waals surface area contributed by atoms with E-state index in [9.17, 15) is 14.7 Å². The van der Waals surface area contributed by atoms with Crippen molar-refractivity contribution in [2.45, 2.75) is 44.7 Å². The molecule has 1 saturated carbocycles. The lowest BCUT2D eigenvalue weighted by Gasteiger charge is -2.33. The summed E-state index contributed by atoms with van der Waals surface area (Å²) in [5, 5.41) is 12.5. The predicted molar refractivity (Wildman–Crippen MR) is 127 cm³/mol. The molecule has 0 aliphatic heterocycles. The molecule has 0 spiro atoms. The number of carbonyl (C=O) groups excluding carboxylic acids is 1. The van der Waals surface area contributed by atoms with Crippen molar-refractivity contribution < 1.29 is 14.7 Å². The molecule has 0 bridgehead atoms. The highest BCUT2D eigenvalue weighted by molar-refractivity contribution is 6.04. The number of benzene rings is 3. The molecule has 2 amide bonds. The quantitative estimate of drug-likeness (QED) is 0.505. The number of carbonyl (C=O) groups is 2. The van der Waals surface area contributed by atoms with E-state index >= 15 is 0 Å². The van der Waals surface area contributed by atoms with E-state index in [4.69, 9.17) is 0 Å². The molecule has 0 heterocycles. The van der Waals surface area contributed by atoms with Crippen molar-refractivity contribution >= 4 is 17.7 Å².